The van der Waals surface area contributed by atoms with Crippen molar-refractivity contribution in [3.63, 3.8) is 0 Å². The molecular formula is C12H22N4O2. The minimum atomic E-state index is -0.700. The molecule has 3 N–H and O–H groups in total. The molecule has 0 radical (unpaired) electrons. The third kappa shape index (κ3) is 2.16. The van der Waals surface area contributed by atoms with Crippen LogP contribution in [-0.4, -0.2) is 59.0 Å². The van der Waals surface area contributed by atoms with Crippen LogP contribution in [-0.2, 0) is 4.79 Å². The van der Waals surface area contributed by atoms with Gasteiger partial charge in [-0.1, -0.05) is 5.16 Å². The van der Waals surface area contributed by atoms with E-state index in [1.807, 2.05) is 4.90 Å². The second-order valence-electron chi connectivity index (χ2n) is 5.49. The van der Waals surface area contributed by atoms with Crippen LogP contribution in [0.3, 0.4) is 0 Å². The summed E-state index contributed by atoms with van der Waals surface area (Å²) >= 11 is 0. The standard InChI is InChI=1S/C12H22N4O2/c1-9(2)15-5-7-16(8-6-15)11(17)12(3-4-12)10(13)14-18/h9,18H,3-8H2,1-2H3,(H2,13,14). The Morgan fingerprint density at radius 3 is 2.22 bits per heavy atom. The van der Waals surface area contributed by atoms with E-state index in [0.717, 1.165) is 26.2 Å². The Labute approximate surface area is 107 Å². The number of piperazine rings is 1. The highest BCUT2D eigenvalue weighted by atomic mass is 16.4. The van der Waals surface area contributed by atoms with Crippen molar-refractivity contribution < 1.29 is 10.0 Å². The number of nitrogens with zero attached hydrogens (tertiary/aromatic N) is 3. The first kappa shape index (κ1) is 13.1. The molecule has 1 aliphatic carbocycles. The highest BCUT2D eigenvalue weighted by Gasteiger charge is 2.56. The predicted molar refractivity (Wildman–Crippen MR) is 68.4 cm³/mol. The molecular weight excluding hydrogens is 232 g/mol. The third-order valence-corrected chi connectivity index (χ3v) is 4.09. The van der Waals surface area contributed by atoms with Crippen molar-refractivity contribution >= 4 is 11.7 Å². The normalized spacial score (nSPS) is 24.4. The summed E-state index contributed by atoms with van der Waals surface area (Å²) in [6.07, 6.45) is 1.40. The van der Waals surface area contributed by atoms with Crippen LogP contribution in [0.5, 0.6) is 0 Å². The maximum atomic E-state index is 12.4. The summed E-state index contributed by atoms with van der Waals surface area (Å²) in [6.45, 7) is 7.59. The molecule has 0 spiro atoms. The first-order valence-electron chi connectivity index (χ1n) is 6.52. The van der Waals surface area contributed by atoms with Crippen molar-refractivity contribution in [3.8, 4) is 0 Å². The summed E-state index contributed by atoms with van der Waals surface area (Å²) < 4.78 is 0. The number of carbonyl (C=O) groups excluding carboxylic acids is 1. The Hall–Kier alpha value is -1.30. The van der Waals surface area contributed by atoms with Crippen LogP contribution in [0.2, 0.25) is 0 Å². The average molecular weight is 254 g/mol. The Balaban J connectivity index is 1.96. The molecule has 0 bridgehead atoms. The SMILES string of the molecule is CC(C)N1CCN(C(=O)C2(C(N)=NO)CC2)CC1. The van der Waals surface area contributed by atoms with Gasteiger partial charge in [-0.3, -0.25) is 9.69 Å². The second-order valence-corrected chi connectivity index (χ2v) is 5.49. The Bertz CT molecular complexity index is 355. The maximum Gasteiger partial charge on any atom is 0.236 e. The second kappa shape index (κ2) is 4.76. The summed E-state index contributed by atoms with van der Waals surface area (Å²) in [5.74, 6) is 0.0972. The lowest BCUT2D eigenvalue weighted by Gasteiger charge is -2.38. The molecule has 6 nitrogen and oxygen atoms in total. The van der Waals surface area contributed by atoms with Crippen molar-refractivity contribution in [2.24, 2.45) is 16.3 Å². The van der Waals surface area contributed by atoms with Gasteiger partial charge >= 0.3 is 0 Å². The van der Waals surface area contributed by atoms with E-state index in [-0.39, 0.29) is 11.7 Å². The zero-order chi connectivity index (χ0) is 13.3. The molecule has 1 saturated heterocycles. The molecule has 0 aromatic heterocycles. The number of amidine groups is 1. The fourth-order valence-corrected chi connectivity index (χ4v) is 2.54. The van der Waals surface area contributed by atoms with Gasteiger partial charge in [0.1, 0.15) is 5.41 Å². The van der Waals surface area contributed by atoms with Crippen molar-refractivity contribution in [2.45, 2.75) is 32.7 Å². The largest absolute Gasteiger partial charge is 0.409 e. The molecule has 6 heteroatoms. The molecule has 2 rings (SSSR count). The monoisotopic (exact) mass is 254 g/mol. The van der Waals surface area contributed by atoms with Crippen molar-refractivity contribution in [2.75, 3.05) is 26.2 Å². The minimum absolute atomic E-state index is 0.0289. The van der Waals surface area contributed by atoms with Gasteiger partial charge in [0.05, 0.1) is 0 Å². The average Bonchev–Trinajstić information content (AvgIpc) is 3.18. The van der Waals surface area contributed by atoms with E-state index in [1.165, 1.54) is 0 Å². The highest BCUT2D eigenvalue weighted by molar-refractivity contribution is 6.09. The molecule has 102 valence electrons. The van der Waals surface area contributed by atoms with Crippen LogP contribution >= 0.6 is 0 Å². The molecule has 1 heterocycles. The molecule has 1 saturated carbocycles. The van der Waals surface area contributed by atoms with E-state index < -0.39 is 5.41 Å². The van der Waals surface area contributed by atoms with Gasteiger partial charge < -0.3 is 15.8 Å². The summed E-state index contributed by atoms with van der Waals surface area (Å²) in [4.78, 5) is 16.6. The third-order valence-electron chi connectivity index (χ3n) is 4.09. The number of oxime groups is 1. The van der Waals surface area contributed by atoms with Gasteiger partial charge in [-0.05, 0) is 26.7 Å². The van der Waals surface area contributed by atoms with Crippen LogP contribution < -0.4 is 5.73 Å². The zero-order valence-corrected chi connectivity index (χ0v) is 11.1. The first-order valence-corrected chi connectivity index (χ1v) is 6.52. The van der Waals surface area contributed by atoms with Crippen molar-refractivity contribution in [3.05, 3.63) is 0 Å². The van der Waals surface area contributed by atoms with E-state index in [0.29, 0.717) is 18.9 Å². The molecule has 1 aliphatic heterocycles. The number of hydrogen-bond donors (Lipinski definition) is 2. The lowest BCUT2D eigenvalue weighted by molar-refractivity contribution is -0.136. The maximum absolute atomic E-state index is 12.4. The summed E-state index contributed by atoms with van der Waals surface area (Å²) in [7, 11) is 0. The smallest absolute Gasteiger partial charge is 0.236 e. The number of nitrogens with two attached hydrogens (primary N) is 1. The molecule has 0 aromatic rings. The summed E-state index contributed by atoms with van der Waals surface area (Å²) in [6, 6.07) is 0.515. The van der Waals surface area contributed by atoms with Gasteiger partial charge in [0.15, 0.2) is 5.84 Å². The molecule has 0 unspecified atom stereocenters. The fraction of sp³-hybridized carbons (Fsp3) is 0.833. The lowest BCUT2D eigenvalue weighted by Crippen LogP contribution is -2.54. The van der Waals surface area contributed by atoms with Crippen LogP contribution in [0.15, 0.2) is 5.16 Å². The summed E-state index contributed by atoms with van der Waals surface area (Å²) in [5, 5.41) is 11.8. The van der Waals surface area contributed by atoms with E-state index in [9.17, 15) is 4.79 Å². The van der Waals surface area contributed by atoms with Crippen molar-refractivity contribution in [1.29, 1.82) is 0 Å². The molecule has 2 aliphatic rings. The lowest BCUT2D eigenvalue weighted by atomic mass is 10.0. The van der Waals surface area contributed by atoms with Crippen LogP contribution in [0, 0.1) is 5.41 Å². The highest BCUT2D eigenvalue weighted by Crippen LogP contribution is 2.47. The molecule has 0 aromatic carbocycles. The van der Waals surface area contributed by atoms with Crippen molar-refractivity contribution in [1.82, 2.24) is 9.80 Å². The number of amides is 1. The topological polar surface area (TPSA) is 82.2 Å². The summed E-state index contributed by atoms with van der Waals surface area (Å²) in [5.41, 5.74) is 4.94. The Kier molecular flexibility index (Phi) is 3.47. The molecule has 1 amide bonds. The number of rotatable bonds is 3. The number of carbonyl (C=O) groups is 1. The predicted octanol–water partition coefficient (Wildman–Crippen LogP) is 0.0656. The van der Waals surface area contributed by atoms with Gasteiger partial charge in [0.2, 0.25) is 5.91 Å². The van der Waals surface area contributed by atoms with Crippen LogP contribution in [0.25, 0.3) is 0 Å². The van der Waals surface area contributed by atoms with E-state index in [2.05, 4.69) is 23.9 Å². The quantitative estimate of drug-likeness (QED) is 0.323. The van der Waals surface area contributed by atoms with E-state index in [1.54, 1.807) is 0 Å². The first-order chi connectivity index (χ1) is 8.51. The molecule has 18 heavy (non-hydrogen) atoms. The Morgan fingerprint density at radius 1 is 1.28 bits per heavy atom. The van der Waals surface area contributed by atoms with Crippen LogP contribution in [0.4, 0.5) is 0 Å². The van der Waals surface area contributed by atoms with Gasteiger partial charge in [0, 0.05) is 32.2 Å². The van der Waals surface area contributed by atoms with Gasteiger partial charge in [-0.15, -0.1) is 0 Å². The van der Waals surface area contributed by atoms with E-state index >= 15 is 0 Å². The fourth-order valence-electron chi connectivity index (χ4n) is 2.54. The zero-order valence-electron chi connectivity index (χ0n) is 11.1. The van der Waals surface area contributed by atoms with Gasteiger partial charge in [-0.2, -0.15) is 0 Å². The van der Waals surface area contributed by atoms with E-state index in [4.69, 9.17) is 10.9 Å². The Morgan fingerprint density at radius 2 is 1.83 bits per heavy atom. The molecule has 2 fully saturated rings. The molecule has 0 atom stereocenters. The minimum Gasteiger partial charge on any atom is -0.409 e. The number of hydrogen-bond acceptors (Lipinski definition) is 4. The van der Waals surface area contributed by atoms with Gasteiger partial charge in [-0.25, -0.2) is 0 Å². The van der Waals surface area contributed by atoms with Gasteiger partial charge in [0.25, 0.3) is 0 Å². The van der Waals surface area contributed by atoms with Crippen LogP contribution in [0.1, 0.15) is 26.7 Å².